The highest BCUT2D eigenvalue weighted by Crippen LogP contribution is 2.17. The van der Waals surface area contributed by atoms with E-state index in [2.05, 4.69) is 4.72 Å². The van der Waals surface area contributed by atoms with E-state index in [1.165, 1.54) is 6.07 Å². The van der Waals surface area contributed by atoms with E-state index in [0.717, 1.165) is 25.0 Å². The van der Waals surface area contributed by atoms with Gasteiger partial charge in [0.25, 0.3) is 0 Å². The van der Waals surface area contributed by atoms with Crippen LogP contribution in [0, 0.1) is 11.7 Å². The number of halogens is 1. The summed E-state index contributed by atoms with van der Waals surface area (Å²) < 4.78 is 40.1. The predicted molar refractivity (Wildman–Crippen MR) is 71.6 cm³/mol. The predicted octanol–water partition coefficient (Wildman–Crippen LogP) is 2.03. The molecule has 108 valence electrons. The second-order valence-electron chi connectivity index (χ2n) is 4.46. The van der Waals surface area contributed by atoms with Crippen LogP contribution in [0.15, 0.2) is 23.1 Å². The topological polar surface area (TPSA) is 66.4 Å². The largest absolute Gasteiger partial charge is 0.392 e. The van der Waals surface area contributed by atoms with Gasteiger partial charge in [-0.1, -0.05) is 32.8 Å². The molecule has 0 bridgehead atoms. The highest BCUT2D eigenvalue weighted by molar-refractivity contribution is 7.89. The molecule has 0 saturated carbocycles. The maximum atomic E-state index is 13.6. The first-order valence-electron chi connectivity index (χ1n) is 6.33. The van der Waals surface area contributed by atoms with Gasteiger partial charge < -0.3 is 5.11 Å². The molecule has 0 aromatic heterocycles. The molecule has 0 aliphatic rings. The molecular formula is C13H20FNO3S. The van der Waals surface area contributed by atoms with Crippen LogP contribution in [0.5, 0.6) is 0 Å². The number of hydrogen-bond donors (Lipinski definition) is 2. The lowest BCUT2D eigenvalue weighted by Crippen LogP contribution is -2.29. The van der Waals surface area contributed by atoms with Crippen LogP contribution in [-0.4, -0.2) is 20.1 Å². The normalized spacial score (nSPS) is 12.1. The zero-order chi connectivity index (χ0) is 14.5. The fraction of sp³-hybridized carbons (Fsp3) is 0.538. The Labute approximate surface area is 113 Å². The van der Waals surface area contributed by atoms with Gasteiger partial charge in [0, 0.05) is 6.54 Å². The van der Waals surface area contributed by atoms with Gasteiger partial charge in [0.2, 0.25) is 10.0 Å². The Morgan fingerprint density at radius 3 is 2.47 bits per heavy atom. The Kier molecular flexibility index (Phi) is 5.90. The van der Waals surface area contributed by atoms with Crippen LogP contribution in [0.25, 0.3) is 0 Å². The first kappa shape index (κ1) is 16.1. The van der Waals surface area contributed by atoms with E-state index in [9.17, 15) is 12.8 Å². The molecule has 0 amide bonds. The fourth-order valence-electron chi connectivity index (χ4n) is 1.73. The molecule has 0 heterocycles. The van der Waals surface area contributed by atoms with Crippen molar-refractivity contribution in [2.75, 3.05) is 6.54 Å². The summed E-state index contributed by atoms with van der Waals surface area (Å²) in [6.07, 6.45) is 1.72. The van der Waals surface area contributed by atoms with E-state index in [-0.39, 0.29) is 19.1 Å². The molecule has 4 nitrogen and oxygen atoms in total. The maximum absolute atomic E-state index is 13.6. The number of rotatable bonds is 7. The Bertz CT molecular complexity index is 513. The van der Waals surface area contributed by atoms with Gasteiger partial charge in [-0.05, 0) is 23.6 Å². The summed E-state index contributed by atoms with van der Waals surface area (Å²) in [5.41, 5.74) is 0.365. The monoisotopic (exact) mass is 289 g/mol. The van der Waals surface area contributed by atoms with Crippen molar-refractivity contribution in [3.05, 3.63) is 29.6 Å². The summed E-state index contributed by atoms with van der Waals surface area (Å²) >= 11 is 0. The molecule has 0 radical (unpaired) electrons. The molecule has 0 aliphatic carbocycles. The molecule has 6 heteroatoms. The van der Waals surface area contributed by atoms with Crippen molar-refractivity contribution in [2.45, 2.75) is 38.2 Å². The van der Waals surface area contributed by atoms with Crippen molar-refractivity contribution < 1.29 is 17.9 Å². The average Bonchev–Trinajstić information content (AvgIpc) is 2.40. The Hall–Kier alpha value is -0.980. The van der Waals surface area contributed by atoms with Gasteiger partial charge >= 0.3 is 0 Å². The maximum Gasteiger partial charge on any atom is 0.243 e. The van der Waals surface area contributed by atoms with Crippen LogP contribution in [0.1, 0.15) is 32.3 Å². The van der Waals surface area contributed by atoms with Gasteiger partial charge in [-0.25, -0.2) is 17.5 Å². The van der Waals surface area contributed by atoms with E-state index in [1.807, 2.05) is 13.8 Å². The molecule has 19 heavy (non-hydrogen) atoms. The van der Waals surface area contributed by atoms with E-state index in [4.69, 9.17) is 5.11 Å². The molecule has 0 atom stereocenters. The van der Waals surface area contributed by atoms with Crippen molar-refractivity contribution in [1.29, 1.82) is 0 Å². The summed E-state index contributed by atoms with van der Waals surface area (Å²) in [7, 11) is -3.87. The molecule has 0 unspecified atom stereocenters. The summed E-state index contributed by atoms with van der Waals surface area (Å²) in [4.78, 5) is -0.412. The molecule has 1 rings (SSSR count). The van der Waals surface area contributed by atoms with Crippen LogP contribution >= 0.6 is 0 Å². The third-order valence-corrected chi connectivity index (χ3v) is 4.62. The standard InChI is InChI=1S/C13H20FNO3S/c1-3-10(4-2)8-15-19(17,18)13-7-11(9-16)5-6-12(13)14/h5-7,10,15-16H,3-4,8-9H2,1-2H3. The quantitative estimate of drug-likeness (QED) is 0.807. The molecule has 0 saturated heterocycles. The van der Waals surface area contributed by atoms with Crippen molar-refractivity contribution in [3.8, 4) is 0 Å². The summed E-state index contributed by atoms with van der Waals surface area (Å²) in [6.45, 7) is 3.93. The van der Waals surface area contributed by atoms with Crippen molar-refractivity contribution >= 4 is 10.0 Å². The Morgan fingerprint density at radius 1 is 1.32 bits per heavy atom. The lowest BCUT2D eigenvalue weighted by molar-refractivity contribution is 0.281. The zero-order valence-corrected chi connectivity index (χ0v) is 12.0. The molecular weight excluding hydrogens is 269 g/mol. The van der Waals surface area contributed by atoms with Gasteiger partial charge in [0.15, 0.2) is 0 Å². The molecule has 1 aromatic rings. The molecule has 1 aromatic carbocycles. The fourth-order valence-corrected chi connectivity index (χ4v) is 2.98. The van der Waals surface area contributed by atoms with Gasteiger partial charge in [-0.3, -0.25) is 0 Å². The minimum Gasteiger partial charge on any atom is -0.392 e. The van der Waals surface area contributed by atoms with Crippen LogP contribution in [0.4, 0.5) is 4.39 Å². The Morgan fingerprint density at radius 2 is 1.95 bits per heavy atom. The van der Waals surface area contributed by atoms with Gasteiger partial charge in [-0.2, -0.15) is 0 Å². The second-order valence-corrected chi connectivity index (χ2v) is 6.19. The van der Waals surface area contributed by atoms with Gasteiger partial charge in [0.1, 0.15) is 10.7 Å². The van der Waals surface area contributed by atoms with Gasteiger partial charge in [0.05, 0.1) is 6.61 Å². The van der Waals surface area contributed by atoms with Crippen molar-refractivity contribution in [3.63, 3.8) is 0 Å². The number of aliphatic hydroxyl groups is 1. The zero-order valence-electron chi connectivity index (χ0n) is 11.2. The molecule has 0 aliphatic heterocycles. The average molecular weight is 289 g/mol. The lowest BCUT2D eigenvalue weighted by atomic mass is 10.0. The Balaban J connectivity index is 2.93. The van der Waals surface area contributed by atoms with Crippen LogP contribution in [-0.2, 0) is 16.6 Å². The van der Waals surface area contributed by atoms with Gasteiger partial charge in [-0.15, -0.1) is 0 Å². The van der Waals surface area contributed by atoms with Crippen molar-refractivity contribution in [1.82, 2.24) is 4.72 Å². The van der Waals surface area contributed by atoms with Crippen LogP contribution in [0.3, 0.4) is 0 Å². The van der Waals surface area contributed by atoms with E-state index in [0.29, 0.717) is 5.56 Å². The molecule has 0 spiro atoms. The first-order chi connectivity index (χ1) is 8.94. The SMILES string of the molecule is CCC(CC)CNS(=O)(=O)c1cc(CO)ccc1F. The van der Waals surface area contributed by atoms with Crippen molar-refractivity contribution in [2.24, 2.45) is 5.92 Å². The summed E-state index contributed by atoms with van der Waals surface area (Å²) in [5.74, 6) is -0.576. The molecule has 0 fully saturated rings. The van der Waals surface area contributed by atoms with Crippen LogP contribution < -0.4 is 4.72 Å². The summed E-state index contributed by atoms with van der Waals surface area (Å²) in [6, 6.07) is 3.57. The second kappa shape index (κ2) is 6.98. The number of aliphatic hydroxyl groups excluding tert-OH is 1. The summed E-state index contributed by atoms with van der Waals surface area (Å²) in [5, 5.41) is 8.98. The number of benzene rings is 1. The third-order valence-electron chi connectivity index (χ3n) is 3.18. The third kappa shape index (κ3) is 4.26. The van der Waals surface area contributed by atoms with E-state index < -0.39 is 20.7 Å². The number of hydrogen-bond acceptors (Lipinski definition) is 3. The molecule has 2 N–H and O–H groups in total. The highest BCUT2D eigenvalue weighted by Gasteiger charge is 2.20. The first-order valence-corrected chi connectivity index (χ1v) is 7.81. The lowest BCUT2D eigenvalue weighted by Gasteiger charge is -2.14. The number of sulfonamides is 1. The van der Waals surface area contributed by atoms with E-state index in [1.54, 1.807) is 0 Å². The highest BCUT2D eigenvalue weighted by atomic mass is 32.2. The van der Waals surface area contributed by atoms with E-state index >= 15 is 0 Å². The minimum atomic E-state index is -3.87. The van der Waals surface area contributed by atoms with Crippen LogP contribution in [0.2, 0.25) is 0 Å². The minimum absolute atomic E-state index is 0.235. The smallest absolute Gasteiger partial charge is 0.243 e. The number of nitrogens with one attached hydrogen (secondary N) is 1.